The number of hydrogen-bond donors (Lipinski definition) is 0. The second kappa shape index (κ2) is 6.20. The first-order valence-corrected chi connectivity index (χ1v) is 7.20. The maximum absolute atomic E-state index is 11.7. The van der Waals surface area contributed by atoms with Gasteiger partial charge in [-0.05, 0) is 24.1 Å². The maximum atomic E-state index is 11.7. The number of nitrogens with zero attached hydrogens (tertiary/aromatic N) is 1. The molecule has 0 N–H and O–H groups in total. The van der Waals surface area contributed by atoms with Crippen molar-refractivity contribution in [2.24, 2.45) is 0 Å². The number of rotatable bonds is 4. The number of thiocarbonyl (C=S) groups is 1. The Kier molecular flexibility index (Phi) is 4.60. The van der Waals surface area contributed by atoms with E-state index in [1.54, 1.807) is 23.8 Å². The lowest BCUT2D eigenvalue weighted by atomic mass is 10.1. The van der Waals surface area contributed by atoms with Gasteiger partial charge in [-0.2, -0.15) is 0 Å². The highest BCUT2D eigenvalue weighted by Gasteiger charge is 2.22. The fourth-order valence-electron chi connectivity index (χ4n) is 1.79. The van der Waals surface area contributed by atoms with Crippen LogP contribution in [-0.2, 0) is 11.2 Å². The summed E-state index contributed by atoms with van der Waals surface area (Å²) in [6.07, 6.45) is 1.41. The van der Waals surface area contributed by atoms with Gasteiger partial charge >= 0.3 is 0 Å². The second-order valence-corrected chi connectivity index (χ2v) is 5.74. The summed E-state index contributed by atoms with van der Waals surface area (Å²) in [4.78, 5) is 13.4. The van der Waals surface area contributed by atoms with Crippen LogP contribution in [0.1, 0.15) is 12.0 Å². The molecule has 0 saturated carbocycles. The molecule has 0 radical (unpaired) electrons. The highest BCUT2D eigenvalue weighted by Crippen LogP contribution is 2.19. The molecule has 1 heterocycles. The number of amides is 1. The van der Waals surface area contributed by atoms with Gasteiger partial charge in [0.1, 0.15) is 10.1 Å². The van der Waals surface area contributed by atoms with Crippen molar-refractivity contribution in [1.82, 2.24) is 4.90 Å². The highest BCUT2D eigenvalue weighted by molar-refractivity contribution is 8.23. The summed E-state index contributed by atoms with van der Waals surface area (Å²) in [6, 6.07) is 7.90. The van der Waals surface area contributed by atoms with E-state index in [9.17, 15) is 4.79 Å². The molecule has 96 valence electrons. The van der Waals surface area contributed by atoms with Crippen molar-refractivity contribution >= 4 is 34.2 Å². The van der Waals surface area contributed by atoms with Gasteiger partial charge in [-0.25, -0.2) is 0 Å². The van der Waals surface area contributed by atoms with Crippen LogP contribution < -0.4 is 4.74 Å². The summed E-state index contributed by atoms with van der Waals surface area (Å²) < 4.78 is 5.82. The molecule has 0 bridgehead atoms. The molecule has 1 aliphatic heterocycles. The quantitative estimate of drug-likeness (QED) is 0.793. The zero-order chi connectivity index (χ0) is 13.0. The number of ether oxygens (including phenoxy) is 1. The Labute approximate surface area is 116 Å². The Bertz CT molecular complexity index is 429. The standard InChI is InChI=1S/C13H15NO2S2/c1-16-11-4-2-10(3-5-11)6-8-14-12(15)7-9-18-13(14)17/h2-5H,6-9H2,1H3. The molecule has 0 spiro atoms. The van der Waals surface area contributed by atoms with Gasteiger partial charge in [0.2, 0.25) is 5.91 Å². The summed E-state index contributed by atoms with van der Waals surface area (Å²) in [6.45, 7) is 0.664. The Morgan fingerprint density at radius 2 is 2.11 bits per heavy atom. The Hall–Kier alpha value is -1.07. The molecule has 5 heteroatoms. The Balaban J connectivity index is 1.93. The van der Waals surface area contributed by atoms with Crippen molar-refractivity contribution in [1.29, 1.82) is 0 Å². The molecule has 1 aromatic carbocycles. The molecule has 0 aromatic heterocycles. The van der Waals surface area contributed by atoms with Crippen molar-refractivity contribution in [2.45, 2.75) is 12.8 Å². The Morgan fingerprint density at radius 1 is 1.39 bits per heavy atom. The third kappa shape index (κ3) is 3.23. The van der Waals surface area contributed by atoms with Crippen LogP contribution >= 0.6 is 24.0 Å². The first-order valence-electron chi connectivity index (χ1n) is 5.81. The molecular weight excluding hydrogens is 266 g/mol. The zero-order valence-corrected chi connectivity index (χ0v) is 11.9. The van der Waals surface area contributed by atoms with E-state index in [1.165, 1.54) is 5.56 Å². The number of hydrogen-bond acceptors (Lipinski definition) is 4. The molecule has 1 fully saturated rings. The van der Waals surface area contributed by atoms with Crippen LogP contribution in [0.3, 0.4) is 0 Å². The van der Waals surface area contributed by atoms with E-state index in [4.69, 9.17) is 17.0 Å². The summed E-state index contributed by atoms with van der Waals surface area (Å²) in [5.41, 5.74) is 1.18. The van der Waals surface area contributed by atoms with Crippen molar-refractivity contribution < 1.29 is 9.53 Å². The third-order valence-corrected chi connectivity index (χ3v) is 4.30. The smallest absolute Gasteiger partial charge is 0.228 e. The van der Waals surface area contributed by atoms with Gasteiger partial charge in [-0.1, -0.05) is 36.1 Å². The Morgan fingerprint density at radius 3 is 2.72 bits per heavy atom. The summed E-state index contributed by atoms with van der Waals surface area (Å²) >= 11 is 6.79. The van der Waals surface area contributed by atoms with Crippen LogP contribution in [-0.4, -0.2) is 34.5 Å². The van der Waals surface area contributed by atoms with Crippen LogP contribution in [0.25, 0.3) is 0 Å². The molecule has 1 amide bonds. The van der Waals surface area contributed by atoms with E-state index >= 15 is 0 Å². The maximum Gasteiger partial charge on any atom is 0.228 e. The van der Waals surface area contributed by atoms with E-state index in [2.05, 4.69) is 0 Å². The van der Waals surface area contributed by atoms with E-state index in [1.807, 2.05) is 24.3 Å². The van der Waals surface area contributed by atoms with Crippen LogP contribution in [0, 0.1) is 0 Å². The summed E-state index contributed by atoms with van der Waals surface area (Å²) in [7, 11) is 1.65. The van der Waals surface area contributed by atoms with Gasteiger partial charge < -0.3 is 4.74 Å². The molecule has 0 unspecified atom stereocenters. The number of thioether (sulfide) groups is 1. The third-order valence-electron chi connectivity index (χ3n) is 2.85. The van der Waals surface area contributed by atoms with Gasteiger partial charge in [0.25, 0.3) is 0 Å². The van der Waals surface area contributed by atoms with Crippen LogP contribution in [0.5, 0.6) is 5.75 Å². The van der Waals surface area contributed by atoms with Crippen molar-refractivity contribution in [3.05, 3.63) is 29.8 Å². The average Bonchev–Trinajstić information content (AvgIpc) is 2.39. The van der Waals surface area contributed by atoms with Crippen LogP contribution in [0.15, 0.2) is 24.3 Å². The molecule has 1 saturated heterocycles. The molecule has 1 aromatic rings. The monoisotopic (exact) mass is 281 g/mol. The summed E-state index contributed by atoms with van der Waals surface area (Å²) in [5, 5.41) is 0. The molecule has 18 heavy (non-hydrogen) atoms. The minimum absolute atomic E-state index is 0.146. The number of carbonyl (C=O) groups is 1. The first-order chi connectivity index (χ1) is 8.70. The summed E-state index contributed by atoms with van der Waals surface area (Å²) in [5.74, 6) is 1.81. The molecule has 0 atom stereocenters. The lowest BCUT2D eigenvalue weighted by molar-refractivity contribution is -0.126. The van der Waals surface area contributed by atoms with Crippen molar-refractivity contribution in [3.8, 4) is 5.75 Å². The van der Waals surface area contributed by atoms with E-state index in [0.717, 1.165) is 17.9 Å². The zero-order valence-electron chi connectivity index (χ0n) is 10.2. The molecule has 3 nitrogen and oxygen atoms in total. The van der Waals surface area contributed by atoms with E-state index in [0.29, 0.717) is 17.3 Å². The SMILES string of the molecule is COc1ccc(CCN2C(=O)CCSC2=S)cc1. The second-order valence-electron chi connectivity index (χ2n) is 4.01. The van der Waals surface area contributed by atoms with E-state index < -0.39 is 0 Å². The van der Waals surface area contributed by atoms with Gasteiger partial charge in [0.15, 0.2) is 0 Å². The predicted molar refractivity (Wildman–Crippen MR) is 78.1 cm³/mol. The number of carbonyl (C=O) groups excluding carboxylic acids is 1. The highest BCUT2D eigenvalue weighted by atomic mass is 32.2. The fourth-order valence-corrected chi connectivity index (χ4v) is 3.03. The molecular formula is C13H15NO2S2. The van der Waals surface area contributed by atoms with Crippen LogP contribution in [0.2, 0.25) is 0 Å². The van der Waals surface area contributed by atoms with Crippen molar-refractivity contribution in [3.63, 3.8) is 0 Å². The normalized spacial score (nSPS) is 15.9. The number of methoxy groups -OCH3 is 1. The van der Waals surface area contributed by atoms with Gasteiger partial charge in [-0.15, -0.1) is 0 Å². The molecule has 2 rings (SSSR count). The average molecular weight is 281 g/mol. The number of benzene rings is 1. The topological polar surface area (TPSA) is 29.5 Å². The largest absolute Gasteiger partial charge is 0.497 e. The minimum atomic E-state index is 0.146. The minimum Gasteiger partial charge on any atom is -0.497 e. The van der Waals surface area contributed by atoms with Gasteiger partial charge in [0, 0.05) is 18.7 Å². The predicted octanol–water partition coefficient (Wildman–Crippen LogP) is 2.49. The van der Waals surface area contributed by atoms with Crippen molar-refractivity contribution in [2.75, 3.05) is 19.4 Å². The fraction of sp³-hybridized carbons (Fsp3) is 0.385. The molecule has 0 aliphatic carbocycles. The van der Waals surface area contributed by atoms with Gasteiger partial charge in [0.05, 0.1) is 7.11 Å². The van der Waals surface area contributed by atoms with E-state index in [-0.39, 0.29) is 5.91 Å². The lowest BCUT2D eigenvalue weighted by Crippen LogP contribution is -2.39. The lowest BCUT2D eigenvalue weighted by Gasteiger charge is -2.26. The molecule has 1 aliphatic rings. The van der Waals surface area contributed by atoms with Gasteiger partial charge in [-0.3, -0.25) is 9.69 Å². The first kappa shape index (κ1) is 13.4. The van der Waals surface area contributed by atoms with Crippen LogP contribution in [0.4, 0.5) is 0 Å².